The number of aryl methyl sites for hydroxylation is 1. The van der Waals surface area contributed by atoms with Gasteiger partial charge in [-0.25, -0.2) is 0 Å². The van der Waals surface area contributed by atoms with Gasteiger partial charge in [-0.3, -0.25) is 0 Å². The molecule has 0 amide bonds. The lowest BCUT2D eigenvalue weighted by Crippen LogP contribution is -2.17. The fourth-order valence-electron chi connectivity index (χ4n) is 2.29. The molecule has 1 atom stereocenters. The molecule has 16 heavy (non-hydrogen) atoms. The maximum atomic E-state index is 6.13. The predicted octanol–water partition coefficient (Wildman–Crippen LogP) is 1.97. The lowest BCUT2D eigenvalue weighted by molar-refractivity contribution is 0.130. The first-order chi connectivity index (χ1) is 7.74. The minimum atomic E-state index is -0.0297. The van der Waals surface area contributed by atoms with Crippen LogP contribution in [0.5, 0.6) is 5.75 Å². The van der Waals surface area contributed by atoms with Gasteiger partial charge in [-0.15, -0.1) is 0 Å². The average Bonchev–Trinajstić information content (AvgIpc) is 2.46. The van der Waals surface area contributed by atoms with E-state index in [0.29, 0.717) is 13.2 Å². The summed E-state index contributed by atoms with van der Waals surface area (Å²) in [4.78, 5) is 0. The van der Waals surface area contributed by atoms with Gasteiger partial charge in [-0.05, 0) is 37.5 Å². The molecule has 2 N–H and O–H groups in total. The summed E-state index contributed by atoms with van der Waals surface area (Å²) in [5, 5.41) is 0. The molecule has 0 saturated carbocycles. The highest BCUT2D eigenvalue weighted by Gasteiger charge is 2.20. The third-order valence-corrected chi connectivity index (χ3v) is 3.00. The summed E-state index contributed by atoms with van der Waals surface area (Å²) >= 11 is 0. The van der Waals surface area contributed by atoms with E-state index >= 15 is 0 Å². The van der Waals surface area contributed by atoms with E-state index in [1.54, 1.807) is 0 Å². The highest BCUT2D eigenvalue weighted by atomic mass is 16.5. The molecule has 0 radical (unpaired) electrons. The Bertz CT molecular complexity index is 376. The van der Waals surface area contributed by atoms with E-state index in [4.69, 9.17) is 15.2 Å². The van der Waals surface area contributed by atoms with Crippen LogP contribution in [0, 0.1) is 6.92 Å². The fourth-order valence-corrected chi connectivity index (χ4v) is 2.29. The predicted molar refractivity (Wildman–Crippen MR) is 63.8 cm³/mol. The fraction of sp³-hybridized carbons (Fsp3) is 0.538. The first kappa shape index (κ1) is 11.4. The molecular weight excluding hydrogens is 202 g/mol. The number of ether oxygens (including phenoxy) is 2. The van der Waals surface area contributed by atoms with Crippen LogP contribution in [-0.2, 0) is 11.2 Å². The third-order valence-electron chi connectivity index (χ3n) is 3.00. The van der Waals surface area contributed by atoms with E-state index in [1.807, 2.05) is 13.0 Å². The van der Waals surface area contributed by atoms with Gasteiger partial charge in [0.05, 0.1) is 25.9 Å². The molecule has 1 heterocycles. The maximum Gasteiger partial charge on any atom is 0.122 e. The Kier molecular flexibility index (Phi) is 3.46. The summed E-state index contributed by atoms with van der Waals surface area (Å²) in [5.74, 6) is 0.962. The van der Waals surface area contributed by atoms with Gasteiger partial charge in [-0.2, -0.15) is 0 Å². The Morgan fingerprint density at radius 2 is 2.31 bits per heavy atom. The van der Waals surface area contributed by atoms with Gasteiger partial charge in [0.2, 0.25) is 0 Å². The van der Waals surface area contributed by atoms with Crippen LogP contribution in [0.1, 0.15) is 29.7 Å². The van der Waals surface area contributed by atoms with Crippen LogP contribution in [0.4, 0.5) is 0 Å². The SMILES string of the molecule is CCOc1ccc(C)c2c1CCOCC2N. The Morgan fingerprint density at radius 1 is 1.50 bits per heavy atom. The summed E-state index contributed by atoms with van der Waals surface area (Å²) < 4.78 is 11.1. The van der Waals surface area contributed by atoms with Gasteiger partial charge in [-0.1, -0.05) is 6.07 Å². The van der Waals surface area contributed by atoms with E-state index in [2.05, 4.69) is 13.0 Å². The second kappa shape index (κ2) is 4.85. The summed E-state index contributed by atoms with van der Waals surface area (Å²) in [6, 6.07) is 4.09. The van der Waals surface area contributed by atoms with Crippen LogP contribution in [0.25, 0.3) is 0 Å². The molecule has 3 nitrogen and oxygen atoms in total. The van der Waals surface area contributed by atoms with E-state index in [0.717, 1.165) is 18.8 Å². The maximum absolute atomic E-state index is 6.13. The molecule has 3 heteroatoms. The first-order valence-corrected chi connectivity index (χ1v) is 5.82. The molecule has 1 aliphatic rings. The van der Waals surface area contributed by atoms with Crippen LogP contribution in [-0.4, -0.2) is 19.8 Å². The molecule has 0 bridgehead atoms. The van der Waals surface area contributed by atoms with Gasteiger partial charge >= 0.3 is 0 Å². The quantitative estimate of drug-likeness (QED) is 0.830. The molecule has 0 saturated heterocycles. The van der Waals surface area contributed by atoms with Crippen LogP contribution in [0.2, 0.25) is 0 Å². The number of hydrogen-bond acceptors (Lipinski definition) is 3. The highest BCUT2D eigenvalue weighted by molar-refractivity contribution is 5.47. The number of fused-ring (bicyclic) bond motifs is 1. The summed E-state index contributed by atoms with van der Waals surface area (Å²) in [6.45, 7) is 6.11. The van der Waals surface area contributed by atoms with Crippen LogP contribution < -0.4 is 10.5 Å². The molecule has 0 aromatic heterocycles. The van der Waals surface area contributed by atoms with E-state index in [1.165, 1.54) is 16.7 Å². The van der Waals surface area contributed by atoms with Crippen molar-refractivity contribution in [2.24, 2.45) is 5.73 Å². The van der Waals surface area contributed by atoms with Crippen molar-refractivity contribution in [3.63, 3.8) is 0 Å². The van der Waals surface area contributed by atoms with Crippen molar-refractivity contribution in [2.75, 3.05) is 19.8 Å². The van der Waals surface area contributed by atoms with Gasteiger partial charge in [0.15, 0.2) is 0 Å². The van der Waals surface area contributed by atoms with Gasteiger partial charge in [0.25, 0.3) is 0 Å². The zero-order valence-corrected chi connectivity index (χ0v) is 9.95. The van der Waals surface area contributed by atoms with Gasteiger partial charge in [0, 0.05) is 5.56 Å². The molecule has 1 unspecified atom stereocenters. The van der Waals surface area contributed by atoms with Crippen molar-refractivity contribution in [1.82, 2.24) is 0 Å². The van der Waals surface area contributed by atoms with Crippen LogP contribution in [0.3, 0.4) is 0 Å². The Morgan fingerprint density at radius 3 is 3.06 bits per heavy atom. The largest absolute Gasteiger partial charge is 0.494 e. The Labute approximate surface area is 96.5 Å². The van der Waals surface area contributed by atoms with Crippen LogP contribution in [0.15, 0.2) is 12.1 Å². The Balaban J connectivity index is 2.48. The average molecular weight is 221 g/mol. The second-order valence-electron chi connectivity index (χ2n) is 4.14. The normalized spacial score (nSPS) is 20.1. The lowest BCUT2D eigenvalue weighted by Gasteiger charge is -2.18. The smallest absolute Gasteiger partial charge is 0.122 e. The van der Waals surface area contributed by atoms with Crippen molar-refractivity contribution < 1.29 is 9.47 Å². The minimum Gasteiger partial charge on any atom is -0.494 e. The van der Waals surface area contributed by atoms with Crippen molar-refractivity contribution in [3.05, 3.63) is 28.8 Å². The molecule has 1 aromatic rings. The zero-order chi connectivity index (χ0) is 11.5. The van der Waals surface area contributed by atoms with Gasteiger partial charge < -0.3 is 15.2 Å². The molecule has 0 aliphatic carbocycles. The highest BCUT2D eigenvalue weighted by Crippen LogP contribution is 2.31. The van der Waals surface area contributed by atoms with Crippen molar-refractivity contribution in [1.29, 1.82) is 0 Å². The number of hydrogen-bond donors (Lipinski definition) is 1. The van der Waals surface area contributed by atoms with Crippen molar-refractivity contribution in [2.45, 2.75) is 26.3 Å². The molecular formula is C13H19NO2. The summed E-state index contributed by atoms with van der Waals surface area (Å²) in [7, 11) is 0. The Hall–Kier alpha value is -1.06. The summed E-state index contributed by atoms with van der Waals surface area (Å²) in [6.07, 6.45) is 0.889. The molecule has 88 valence electrons. The summed E-state index contributed by atoms with van der Waals surface area (Å²) in [5.41, 5.74) is 9.80. The van der Waals surface area contributed by atoms with Crippen LogP contribution >= 0.6 is 0 Å². The molecule has 1 aromatic carbocycles. The number of rotatable bonds is 2. The lowest BCUT2D eigenvalue weighted by atomic mass is 9.94. The third kappa shape index (κ3) is 2.06. The van der Waals surface area contributed by atoms with E-state index in [9.17, 15) is 0 Å². The van der Waals surface area contributed by atoms with E-state index < -0.39 is 0 Å². The monoisotopic (exact) mass is 221 g/mol. The molecule has 2 rings (SSSR count). The van der Waals surface area contributed by atoms with Gasteiger partial charge in [0.1, 0.15) is 5.75 Å². The number of benzene rings is 1. The van der Waals surface area contributed by atoms with Crippen molar-refractivity contribution in [3.8, 4) is 5.75 Å². The van der Waals surface area contributed by atoms with Crippen molar-refractivity contribution >= 4 is 0 Å². The zero-order valence-electron chi connectivity index (χ0n) is 9.95. The second-order valence-corrected chi connectivity index (χ2v) is 4.14. The minimum absolute atomic E-state index is 0.0297. The molecule has 1 aliphatic heterocycles. The molecule has 0 spiro atoms. The first-order valence-electron chi connectivity index (χ1n) is 5.82. The van der Waals surface area contributed by atoms with E-state index in [-0.39, 0.29) is 6.04 Å². The topological polar surface area (TPSA) is 44.5 Å². The molecule has 0 fully saturated rings. The number of nitrogens with two attached hydrogens (primary N) is 1. The standard InChI is InChI=1S/C13H19NO2/c1-3-16-12-5-4-9(2)13-10(12)6-7-15-8-11(13)14/h4-5,11H,3,6-8,14H2,1-2H3.